The Morgan fingerprint density at radius 1 is 1.25 bits per heavy atom. The van der Waals surface area contributed by atoms with Crippen molar-refractivity contribution < 1.29 is 22.7 Å². The molecule has 0 heterocycles. The van der Waals surface area contributed by atoms with E-state index in [1.54, 1.807) is 12.1 Å². The zero-order valence-corrected chi connectivity index (χ0v) is 13.8. The minimum atomic E-state index is -1.60. The van der Waals surface area contributed by atoms with Crippen molar-refractivity contribution in [2.24, 2.45) is 0 Å². The largest absolute Gasteiger partial charge is 1.00 e. The van der Waals surface area contributed by atoms with Crippen molar-refractivity contribution in [2.75, 3.05) is 0 Å². The van der Waals surface area contributed by atoms with Gasteiger partial charge in [-0.2, -0.15) is 0 Å². The zero-order chi connectivity index (χ0) is 10.1. The summed E-state index contributed by atoms with van der Waals surface area (Å²) in [6.45, 7) is 4.47. The Balaban J connectivity index is 0. The van der Waals surface area contributed by atoms with Gasteiger partial charge in [0, 0.05) is 0 Å². The molecule has 0 aromatic heterocycles. The number of hydrogen-bond donors (Lipinski definition) is 0. The molecule has 90 valence electrons. The molecule has 0 nitrogen and oxygen atoms in total. The fraction of sp³-hybridized carbons (Fsp3) is 0.308. The fourth-order valence-electron chi connectivity index (χ4n) is 1.93. The molecule has 16 heavy (non-hydrogen) atoms. The van der Waals surface area contributed by atoms with Gasteiger partial charge in [-0.25, -0.2) is 0 Å². The van der Waals surface area contributed by atoms with E-state index in [0.717, 1.165) is 0 Å². The number of allylic oxidation sites excluding steroid dienone is 8. The molecule has 0 atom stereocenters. The maximum Gasteiger partial charge on any atom is -1.00 e. The molecule has 0 aliphatic heterocycles. The first-order chi connectivity index (χ1) is 6.68. The van der Waals surface area contributed by atoms with Gasteiger partial charge in [0.2, 0.25) is 0 Å². The molecular weight excluding hydrogens is 318 g/mol. The zero-order valence-electron chi connectivity index (χ0n) is 10.7. The van der Waals surface area contributed by atoms with Crippen LogP contribution in [0.15, 0.2) is 42.0 Å². The van der Waals surface area contributed by atoms with Gasteiger partial charge in [-0.15, -0.1) is 24.8 Å². The molecule has 0 saturated heterocycles. The summed E-state index contributed by atoms with van der Waals surface area (Å²) in [5, 5.41) is 0. The first-order valence-corrected chi connectivity index (χ1v) is 9.30. The Bertz CT molecular complexity index is 417. The van der Waals surface area contributed by atoms with Crippen molar-refractivity contribution in [1.82, 2.24) is 0 Å². The van der Waals surface area contributed by atoms with Crippen LogP contribution in [0.1, 0.15) is 28.1 Å². The van der Waals surface area contributed by atoms with Crippen LogP contribution in [0.3, 0.4) is 0 Å². The van der Waals surface area contributed by atoms with Crippen LogP contribution in [0.4, 0.5) is 0 Å². The molecule has 2 rings (SSSR count). The summed E-state index contributed by atoms with van der Waals surface area (Å²) in [6.07, 6.45) is 11.5. The van der Waals surface area contributed by atoms with Crippen molar-refractivity contribution in [3.63, 3.8) is 0 Å². The van der Waals surface area contributed by atoms with E-state index in [4.69, 9.17) is 0 Å². The van der Waals surface area contributed by atoms with Crippen molar-refractivity contribution in [3.8, 4) is 0 Å². The summed E-state index contributed by atoms with van der Waals surface area (Å²) in [4.78, 5) is 0. The van der Waals surface area contributed by atoms with Crippen molar-refractivity contribution in [2.45, 2.75) is 26.7 Å². The summed E-state index contributed by atoms with van der Waals surface area (Å²) in [5.41, 5.74) is 3.03. The van der Waals surface area contributed by atoms with Crippen molar-refractivity contribution in [3.05, 3.63) is 42.0 Å². The van der Waals surface area contributed by atoms with Crippen LogP contribution in [-0.2, 0) is 21.3 Å². The average molecular weight is 337 g/mol. The van der Waals surface area contributed by atoms with Gasteiger partial charge < -0.3 is 1.43 Å². The van der Waals surface area contributed by atoms with E-state index in [-0.39, 0.29) is 26.2 Å². The van der Waals surface area contributed by atoms with Gasteiger partial charge in [0.1, 0.15) is 0 Å². The number of halogens is 2. The predicted molar refractivity (Wildman–Crippen MR) is 75.6 cm³/mol. The number of rotatable bonds is 2. The van der Waals surface area contributed by atoms with E-state index in [2.05, 4.69) is 42.4 Å². The van der Waals surface area contributed by atoms with Crippen LogP contribution in [0.2, 0.25) is 0 Å². The fourth-order valence-corrected chi connectivity index (χ4v) is 6.71. The van der Waals surface area contributed by atoms with E-state index < -0.39 is 21.3 Å². The van der Waals surface area contributed by atoms with Gasteiger partial charge in [-0.05, 0) is 0 Å². The summed E-state index contributed by atoms with van der Waals surface area (Å²) in [6, 6.07) is 0. The topological polar surface area (TPSA) is 0 Å². The average Bonchev–Trinajstić information content (AvgIpc) is 2.76. The Kier molecular flexibility index (Phi) is 7.02. The molecule has 3 heteroatoms. The molecule has 2 aliphatic rings. The third-order valence-corrected chi connectivity index (χ3v) is 8.58. The Hall–Kier alpha value is 0.293. The third kappa shape index (κ3) is 3.39. The standard InChI is InChI=1S/C7H9.C5H5.CH2.2ClH.Zr.H/c1-6-4-3-5-7(6)2;1-2-4-5-3-1;;;;;/h4H,5H2,1-2H3;1-3H,4H2;1H2;2*1H;;/q;;;;;;-1. The van der Waals surface area contributed by atoms with E-state index >= 15 is 0 Å². The van der Waals surface area contributed by atoms with Gasteiger partial charge >= 0.3 is 94.2 Å². The van der Waals surface area contributed by atoms with E-state index in [9.17, 15) is 0 Å². The quantitative estimate of drug-likeness (QED) is 0.698. The molecule has 0 fully saturated rings. The summed E-state index contributed by atoms with van der Waals surface area (Å²) >= 11 is -1.60. The van der Waals surface area contributed by atoms with Crippen LogP contribution in [-0.4, -0.2) is 4.21 Å². The van der Waals surface area contributed by atoms with Crippen LogP contribution in [0.25, 0.3) is 0 Å². The van der Waals surface area contributed by atoms with Crippen LogP contribution < -0.4 is 0 Å². The first kappa shape index (κ1) is 16.3. The van der Waals surface area contributed by atoms with Gasteiger partial charge in [0.25, 0.3) is 0 Å². The van der Waals surface area contributed by atoms with E-state index in [1.807, 2.05) is 0 Å². The second kappa shape index (κ2) is 6.89. The maximum absolute atomic E-state index is 4.46. The Morgan fingerprint density at radius 3 is 2.38 bits per heavy atom. The first-order valence-electron chi connectivity index (χ1n) is 5.11. The van der Waals surface area contributed by atoms with Crippen molar-refractivity contribution in [1.29, 1.82) is 0 Å². The molecule has 0 spiro atoms. The summed E-state index contributed by atoms with van der Waals surface area (Å²) < 4.78 is 7.80. The molecule has 0 radical (unpaired) electrons. The molecule has 0 amide bonds. The molecule has 0 aromatic carbocycles. The Labute approximate surface area is 120 Å². The van der Waals surface area contributed by atoms with Gasteiger partial charge in [0.05, 0.1) is 0 Å². The van der Waals surface area contributed by atoms with Crippen LogP contribution in [0, 0.1) is 0 Å². The van der Waals surface area contributed by atoms with E-state index in [0.29, 0.717) is 0 Å². The molecule has 0 unspecified atom stereocenters. The smallest absolute Gasteiger partial charge is 1.00 e. The monoisotopic (exact) mass is 335 g/mol. The second-order valence-electron chi connectivity index (χ2n) is 4.11. The molecule has 2 aliphatic carbocycles. The molecule has 0 aromatic rings. The summed E-state index contributed by atoms with van der Waals surface area (Å²) in [7, 11) is 0. The van der Waals surface area contributed by atoms with Crippen LogP contribution >= 0.6 is 24.8 Å². The molecule has 0 bridgehead atoms. The SMILES string of the molecule is Cl.Cl.[CH2]=[Zr]([C]1=CC=CC1)[C]1=CC(C)=C(C)C1.[H-]. The number of hydrogen-bond acceptors (Lipinski definition) is 0. The minimum absolute atomic E-state index is 0. The van der Waals surface area contributed by atoms with Gasteiger partial charge in [-0.3, -0.25) is 0 Å². The Morgan fingerprint density at radius 2 is 1.94 bits per heavy atom. The van der Waals surface area contributed by atoms with Gasteiger partial charge in [0.15, 0.2) is 0 Å². The van der Waals surface area contributed by atoms with Gasteiger partial charge in [-0.1, -0.05) is 0 Å². The second-order valence-corrected chi connectivity index (χ2v) is 9.62. The minimum Gasteiger partial charge on any atom is -1.00 e. The normalized spacial score (nSPS) is 17.6. The molecular formula is C13H19Cl2Zr-. The predicted octanol–water partition coefficient (Wildman–Crippen LogP) is 4.46. The third-order valence-electron chi connectivity index (χ3n) is 3.07. The summed E-state index contributed by atoms with van der Waals surface area (Å²) in [5.74, 6) is 0. The van der Waals surface area contributed by atoms with Crippen LogP contribution in [0.5, 0.6) is 0 Å². The molecule has 0 N–H and O–H groups in total. The van der Waals surface area contributed by atoms with E-state index in [1.165, 1.54) is 18.4 Å². The maximum atomic E-state index is 4.46. The molecule has 0 saturated carbocycles. The van der Waals surface area contributed by atoms with Crippen molar-refractivity contribution >= 4 is 29.0 Å².